The number of hydrogen-bond acceptors (Lipinski definition) is 7. The van der Waals surface area contributed by atoms with Gasteiger partial charge >= 0.3 is 0 Å². The first-order valence-electron chi connectivity index (χ1n) is 10.5. The van der Waals surface area contributed by atoms with Gasteiger partial charge in [-0.1, -0.05) is 29.8 Å². The Bertz CT molecular complexity index is 831. The summed E-state index contributed by atoms with van der Waals surface area (Å²) in [6.07, 6.45) is -3.84. The summed E-state index contributed by atoms with van der Waals surface area (Å²) < 4.78 is 30.0. The maximum atomic E-state index is 14.0. The fourth-order valence-electron chi connectivity index (χ4n) is 3.65. The second-order valence-electron chi connectivity index (χ2n) is 8.45. The maximum absolute atomic E-state index is 14.0. The second-order valence-corrected chi connectivity index (χ2v) is 9.02. The van der Waals surface area contributed by atoms with Crippen LogP contribution < -0.4 is 4.74 Å². The summed E-state index contributed by atoms with van der Waals surface area (Å²) in [4.78, 5) is 0. The molecule has 0 saturated carbocycles. The fraction of sp³-hybridized carbons (Fsp3) is 0.565. The van der Waals surface area contributed by atoms with E-state index in [0.29, 0.717) is 22.8 Å². The molecule has 0 amide bonds. The zero-order chi connectivity index (χ0) is 23.5. The molecule has 178 valence electrons. The van der Waals surface area contributed by atoms with Crippen molar-refractivity contribution in [3.63, 3.8) is 0 Å². The second kappa shape index (κ2) is 10.6. The zero-order valence-corrected chi connectivity index (χ0v) is 18.8. The molecule has 2 unspecified atom stereocenters. The molecule has 9 heteroatoms. The van der Waals surface area contributed by atoms with Crippen molar-refractivity contribution in [2.45, 2.75) is 56.5 Å². The first kappa shape index (κ1) is 25.1. The molecule has 2 aliphatic rings. The molecular weight excluding hydrogens is 443 g/mol. The van der Waals surface area contributed by atoms with Gasteiger partial charge in [-0.3, -0.25) is 0 Å². The third-order valence-corrected chi connectivity index (χ3v) is 5.97. The van der Waals surface area contributed by atoms with Gasteiger partial charge in [-0.25, -0.2) is 4.39 Å². The highest BCUT2D eigenvalue weighted by Crippen LogP contribution is 2.28. The van der Waals surface area contributed by atoms with Crippen molar-refractivity contribution < 1.29 is 39.0 Å². The molecule has 0 bridgehead atoms. The number of ether oxygens (including phenoxy) is 3. The first-order chi connectivity index (χ1) is 15.1. The van der Waals surface area contributed by atoms with Crippen molar-refractivity contribution in [3.05, 3.63) is 52.1 Å². The van der Waals surface area contributed by atoms with E-state index in [1.165, 1.54) is 0 Å². The van der Waals surface area contributed by atoms with Crippen molar-refractivity contribution in [1.82, 2.24) is 0 Å². The van der Waals surface area contributed by atoms with Crippen LogP contribution in [-0.2, 0) is 15.9 Å². The number of allylic oxidation sites excluding steroid dienone is 3. The van der Waals surface area contributed by atoms with Crippen LogP contribution in [0.1, 0.15) is 19.4 Å². The number of aliphatic hydroxyl groups excluding tert-OH is 4. The van der Waals surface area contributed by atoms with Gasteiger partial charge in [-0.05, 0) is 49.1 Å². The number of rotatable bonds is 8. The van der Waals surface area contributed by atoms with Crippen LogP contribution in [0.5, 0.6) is 5.75 Å². The summed E-state index contributed by atoms with van der Waals surface area (Å²) in [7, 11) is 0. The molecular formula is C23H30ClFO7. The number of halogens is 2. The molecule has 0 radical (unpaired) electrons. The predicted octanol–water partition coefficient (Wildman–Crippen LogP) is 1.65. The number of benzene rings is 1. The lowest BCUT2D eigenvalue weighted by molar-refractivity contribution is -0.219. The minimum atomic E-state index is -1.44. The van der Waals surface area contributed by atoms with Crippen LogP contribution in [0.3, 0.4) is 0 Å². The molecule has 2 aliphatic heterocycles. The van der Waals surface area contributed by atoms with E-state index in [4.69, 9.17) is 25.8 Å². The molecule has 0 aromatic heterocycles. The first-order valence-corrected chi connectivity index (χ1v) is 10.8. The Balaban J connectivity index is 1.67. The highest BCUT2D eigenvalue weighted by Gasteiger charge is 2.44. The van der Waals surface area contributed by atoms with Gasteiger partial charge in [0.15, 0.2) is 5.67 Å². The van der Waals surface area contributed by atoms with E-state index in [9.17, 15) is 24.8 Å². The summed E-state index contributed by atoms with van der Waals surface area (Å²) in [6, 6.07) is 7.23. The molecule has 4 N–H and O–H groups in total. The van der Waals surface area contributed by atoms with Crippen LogP contribution in [0.4, 0.5) is 4.39 Å². The SMILES string of the molecule is C/C(=C\C(Cc1ccc(OCC2(F)COC2)cc1)=C(/C)Cl)[C@@H]1OC(CO)[C@@H](O)C(O)[C@H]1O. The van der Waals surface area contributed by atoms with Gasteiger partial charge in [0.05, 0.1) is 19.8 Å². The summed E-state index contributed by atoms with van der Waals surface area (Å²) in [6.45, 7) is 3.02. The maximum Gasteiger partial charge on any atom is 0.190 e. The lowest BCUT2D eigenvalue weighted by atomic mass is 9.90. The third-order valence-electron chi connectivity index (χ3n) is 5.72. The molecule has 0 aliphatic carbocycles. The summed E-state index contributed by atoms with van der Waals surface area (Å²) >= 11 is 6.30. The van der Waals surface area contributed by atoms with E-state index >= 15 is 0 Å². The molecule has 3 rings (SSSR count). The zero-order valence-electron chi connectivity index (χ0n) is 18.1. The lowest BCUT2D eigenvalue weighted by Gasteiger charge is -2.40. The molecule has 2 saturated heterocycles. The van der Waals surface area contributed by atoms with Gasteiger partial charge in [-0.15, -0.1) is 0 Å². The largest absolute Gasteiger partial charge is 0.490 e. The van der Waals surface area contributed by atoms with E-state index < -0.39 is 42.8 Å². The third kappa shape index (κ3) is 5.88. The number of aliphatic hydroxyl groups is 4. The Kier molecular flexibility index (Phi) is 8.32. The minimum Gasteiger partial charge on any atom is -0.490 e. The summed E-state index contributed by atoms with van der Waals surface area (Å²) in [5, 5.41) is 40.3. The average molecular weight is 473 g/mol. The van der Waals surface area contributed by atoms with Crippen molar-refractivity contribution in [2.24, 2.45) is 0 Å². The molecule has 2 fully saturated rings. The van der Waals surface area contributed by atoms with Gasteiger partial charge in [0.2, 0.25) is 0 Å². The summed E-state index contributed by atoms with van der Waals surface area (Å²) in [5.74, 6) is 0.554. The Morgan fingerprint density at radius 2 is 1.81 bits per heavy atom. The highest BCUT2D eigenvalue weighted by molar-refractivity contribution is 6.29. The van der Waals surface area contributed by atoms with E-state index in [1.54, 1.807) is 32.1 Å². The molecule has 2 heterocycles. The monoisotopic (exact) mass is 472 g/mol. The molecule has 1 aromatic rings. The number of hydrogen-bond donors (Lipinski definition) is 4. The molecule has 32 heavy (non-hydrogen) atoms. The lowest BCUT2D eigenvalue weighted by Crippen LogP contribution is -2.58. The van der Waals surface area contributed by atoms with Crippen LogP contribution in [-0.4, -0.2) is 83.0 Å². The molecule has 7 nitrogen and oxygen atoms in total. The van der Waals surface area contributed by atoms with Gasteiger partial charge in [0.1, 0.15) is 42.9 Å². The van der Waals surface area contributed by atoms with E-state index in [0.717, 1.165) is 11.1 Å². The van der Waals surface area contributed by atoms with Gasteiger partial charge in [0, 0.05) is 5.03 Å². The van der Waals surface area contributed by atoms with Crippen molar-refractivity contribution in [2.75, 3.05) is 26.4 Å². The van der Waals surface area contributed by atoms with Crippen LogP contribution in [0.2, 0.25) is 0 Å². The highest BCUT2D eigenvalue weighted by atomic mass is 35.5. The number of alkyl halides is 1. The Labute approximate surface area is 191 Å². The standard InChI is InChI=1S/C23H30ClFO7/c1-13(22-21(29)20(28)19(27)18(9-26)32-22)7-16(14(2)24)8-15-3-5-17(6-4-15)31-12-23(25)10-30-11-23/h3-7,18-22,26-29H,8-12H2,1-2H3/b13-7+,16-14-/t18?,19-,20?,21-,22+/m1/s1. The van der Waals surface area contributed by atoms with Gasteiger partial charge in [-0.2, -0.15) is 0 Å². The minimum absolute atomic E-state index is 0.0500. The quantitative estimate of drug-likeness (QED) is 0.426. The smallest absolute Gasteiger partial charge is 0.190 e. The van der Waals surface area contributed by atoms with E-state index in [2.05, 4.69) is 0 Å². The molecule has 1 aromatic carbocycles. The van der Waals surface area contributed by atoms with Crippen molar-refractivity contribution in [1.29, 1.82) is 0 Å². The van der Waals surface area contributed by atoms with E-state index in [-0.39, 0.29) is 19.8 Å². The van der Waals surface area contributed by atoms with Crippen molar-refractivity contribution >= 4 is 11.6 Å². The van der Waals surface area contributed by atoms with Crippen LogP contribution in [0, 0.1) is 0 Å². The van der Waals surface area contributed by atoms with Crippen LogP contribution >= 0.6 is 11.6 Å². The molecule has 0 spiro atoms. The Hall–Kier alpha value is -1.52. The predicted molar refractivity (Wildman–Crippen MR) is 116 cm³/mol. The van der Waals surface area contributed by atoms with E-state index in [1.807, 2.05) is 12.1 Å². The molecule has 5 atom stereocenters. The Morgan fingerprint density at radius 1 is 1.16 bits per heavy atom. The average Bonchev–Trinajstić information content (AvgIpc) is 2.75. The Morgan fingerprint density at radius 3 is 2.34 bits per heavy atom. The normalized spacial score (nSPS) is 31.0. The van der Waals surface area contributed by atoms with Crippen molar-refractivity contribution in [3.8, 4) is 5.75 Å². The van der Waals surface area contributed by atoms with Gasteiger partial charge < -0.3 is 34.6 Å². The van der Waals surface area contributed by atoms with Crippen LogP contribution in [0.15, 0.2) is 46.5 Å². The fourth-order valence-corrected chi connectivity index (χ4v) is 3.77. The summed E-state index contributed by atoms with van der Waals surface area (Å²) in [5.41, 5.74) is 0.876. The van der Waals surface area contributed by atoms with Gasteiger partial charge in [0.25, 0.3) is 0 Å². The topological polar surface area (TPSA) is 109 Å². The van der Waals surface area contributed by atoms with Crippen LogP contribution in [0.25, 0.3) is 0 Å².